The van der Waals surface area contributed by atoms with E-state index in [1.807, 2.05) is 24.4 Å². The van der Waals surface area contributed by atoms with Gasteiger partial charge in [0.05, 0.1) is 5.56 Å². The molecule has 0 saturated carbocycles. The first-order valence-electron chi connectivity index (χ1n) is 8.46. The molecule has 1 saturated heterocycles. The molecule has 0 aliphatic carbocycles. The topological polar surface area (TPSA) is 71.2 Å². The van der Waals surface area contributed by atoms with Crippen LogP contribution in [0, 0.1) is 5.92 Å². The van der Waals surface area contributed by atoms with Gasteiger partial charge in [0, 0.05) is 31.5 Å². The number of nitrogens with zero attached hydrogens (tertiary/aromatic N) is 2. The smallest absolute Gasteiger partial charge is 0.253 e. The van der Waals surface area contributed by atoms with E-state index < -0.39 is 0 Å². The number of amides is 1. The molecule has 2 aromatic rings. The standard InChI is InChI=1S/C19H24N4O/c1-14-8-10-23(11-9-14)18-7-6-15(12-21-18)13-22-19(24)16-4-2-3-5-17(16)20/h2-7,12,14H,8-11,13,20H2,1H3,(H,22,24). The number of piperidine rings is 1. The highest BCUT2D eigenvalue weighted by Crippen LogP contribution is 2.21. The van der Waals surface area contributed by atoms with Crippen molar-refractivity contribution in [3.05, 3.63) is 53.7 Å². The van der Waals surface area contributed by atoms with Gasteiger partial charge < -0.3 is 16.0 Å². The Bertz CT molecular complexity index is 691. The highest BCUT2D eigenvalue weighted by atomic mass is 16.1. The number of aromatic nitrogens is 1. The lowest BCUT2D eigenvalue weighted by atomic mass is 9.99. The maximum Gasteiger partial charge on any atom is 0.253 e. The van der Waals surface area contributed by atoms with Crippen LogP contribution in [-0.2, 0) is 6.54 Å². The molecule has 1 aliphatic heterocycles. The number of para-hydroxylation sites is 1. The lowest BCUT2D eigenvalue weighted by Crippen LogP contribution is -2.33. The number of nitrogen functional groups attached to an aromatic ring is 1. The number of hydrogen-bond donors (Lipinski definition) is 2. The van der Waals surface area contributed by atoms with E-state index in [0.29, 0.717) is 17.8 Å². The molecule has 24 heavy (non-hydrogen) atoms. The Labute approximate surface area is 142 Å². The van der Waals surface area contributed by atoms with Gasteiger partial charge in [-0.15, -0.1) is 0 Å². The van der Waals surface area contributed by atoms with Crippen LogP contribution in [0.2, 0.25) is 0 Å². The Morgan fingerprint density at radius 3 is 2.67 bits per heavy atom. The SMILES string of the molecule is CC1CCN(c2ccc(CNC(=O)c3ccccc3N)cn2)CC1. The van der Waals surface area contributed by atoms with Crippen LogP contribution in [0.4, 0.5) is 11.5 Å². The van der Waals surface area contributed by atoms with Crippen molar-refractivity contribution in [3.8, 4) is 0 Å². The highest BCUT2D eigenvalue weighted by molar-refractivity contribution is 5.98. The van der Waals surface area contributed by atoms with Crippen LogP contribution < -0.4 is 16.0 Å². The van der Waals surface area contributed by atoms with Crippen molar-refractivity contribution in [2.75, 3.05) is 23.7 Å². The molecule has 1 fully saturated rings. The van der Waals surface area contributed by atoms with Crippen molar-refractivity contribution in [2.24, 2.45) is 5.92 Å². The molecule has 0 bridgehead atoms. The molecule has 0 spiro atoms. The average molecular weight is 324 g/mol. The molecule has 5 nitrogen and oxygen atoms in total. The molecule has 1 aromatic carbocycles. The third-order valence-electron chi connectivity index (χ3n) is 4.58. The predicted molar refractivity (Wildman–Crippen MR) is 96.9 cm³/mol. The summed E-state index contributed by atoms with van der Waals surface area (Å²) in [6, 6.07) is 11.1. The number of rotatable bonds is 4. The van der Waals surface area contributed by atoms with Crippen molar-refractivity contribution in [2.45, 2.75) is 26.3 Å². The lowest BCUT2D eigenvalue weighted by molar-refractivity contribution is 0.0952. The fourth-order valence-electron chi connectivity index (χ4n) is 2.93. The Morgan fingerprint density at radius 1 is 1.25 bits per heavy atom. The van der Waals surface area contributed by atoms with E-state index in [4.69, 9.17) is 5.73 Å². The summed E-state index contributed by atoms with van der Waals surface area (Å²) in [7, 11) is 0. The lowest BCUT2D eigenvalue weighted by Gasteiger charge is -2.31. The fraction of sp³-hybridized carbons (Fsp3) is 0.368. The van der Waals surface area contributed by atoms with E-state index in [1.165, 1.54) is 12.8 Å². The molecule has 3 N–H and O–H groups in total. The van der Waals surface area contributed by atoms with Crippen LogP contribution in [0.3, 0.4) is 0 Å². The zero-order valence-electron chi connectivity index (χ0n) is 14.0. The molecule has 2 heterocycles. The van der Waals surface area contributed by atoms with Gasteiger partial charge in [0.15, 0.2) is 0 Å². The number of anilines is 2. The summed E-state index contributed by atoms with van der Waals surface area (Å²) < 4.78 is 0. The second kappa shape index (κ2) is 7.34. The van der Waals surface area contributed by atoms with E-state index in [1.54, 1.807) is 18.2 Å². The third kappa shape index (κ3) is 3.85. The van der Waals surface area contributed by atoms with E-state index in [9.17, 15) is 4.79 Å². The van der Waals surface area contributed by atoms with E-state index in [0.717, 1.165) is 30.4 Å². The molecular weight excluding hydrogens is 300 g/mol. The van der Waals surface area contributed by atoms with Crippen LogP contribution in [0.15, 0.2) is 42.6 Å². The number of hydrogen-bond acceptors (Lipinski definition) is 4. The van der Waals surface area contributed by atoms with E-state index in [-0.39, 0.29) is 5.91 Å². The number of carbonyl (C=O) groups is 1. The van der Waals surface area contributed by atoms with Gasteiger partial charge in [0.1, 0.15) is 5.82 Å². The molecule has 1 amide bonds. The number of nitrogens with two attached hydrogens (primary N) is 1. The summed E-state index contributed by atoms with van der Waals surface area (Å²) in [5, 5.41) is 2.89. The second-order valence-corrected chi connectivity index (χ2v) is 6.46. The van der Waals surface area contributed by atoms with Crippen molar-refractivity contribution < 1.29 is 4.79 Å². The molecular formula is C19H24N4O. The minimum absolute atomic E-state index is 0.165. The molecule has 0 unspecified atom stereocenters. The molecule has 5 heteroatoms. The van der Waals surface area contributed by atoms with Gasteiger partial charge in [-0.1, -0.05) is 25.1 Å². The summed E-state index contributed by atoms with van der Waals surface area (Å²) in [5.41, 5.74) is 7.80. The summed E-state index contributed by atoms with van der Waals surface area (Å²) >= 11 is 0. The molecule has 0 atom stereocenters. The predicted octanol–water partition coefficient (Wildman–Crippen LogP) is 2.83. The number of nitrogens with one attached hydrogen (secondary N) is 1. The van der Waals surface area contributed by atoms with Crippen molar-refractivity contribution >= 4 is 17.4 Å². The minimum atomic E-state index is -0.165. The zero-order chi connectivity index (χ0) is 16.9. The second-order valence-electron chi connectivity index (χ2n) is 6.46. The van der Waals surface area contributed by atoms with Gasteiger partial charge in [-0.3, -0.25) is 4.79 Å². The van der Waals surface area contributed by atoms with Gasteiger partial charge in [-0.05, 0) is 42.5 Å². The van der Waals surface area contributed by atoms with Gasteiger partial charge in [-0.2, -0.15) is 0 Å². The first-order chi connectivity index (χ1) is 11.6. The van der Waals surface area contributed by atoms with Crippen molar-refractivity contribution in [1.82, 2.24) is 10.3 Å². The third-order valence-corrected chi connectivity index (χ3v) is 4.58. The number of pyridine rings is 1. The minimum Gasteiger partial charge on any atom is -0.398 e. The van der Waals surface area contributed by atoms with Crippen LogP contribution >= 0.6 is 0 Å². The Kier molecular flexibility index (Phi) is 4.99. The van der Waals surface area contributed by atoms with Crippen LogP contribution in [-0.4, -0.2) is 24.0 Å². The normalized spacial score (nSPS) is 15.3. The summed E-state index contributed by atoms with van der Waals surface area (Å²) in [6.45, 7) is 4.88. The van der Waals surface area contributed by atoms with Crippen molar-refractivity contribution in [1.29, 1.82) is 0 Å². The summed E-state index contributed by atoms with van der Waals surface area (Å²) in [6.07, 6.45) is 4.28. The molecule has 1 aliphatic rings. The molecule has 126 valence electrons. The van der Waals surface area contributed by atoms with Gasteiger partial charge in [0.25, 0.3) is 5.91 Å². The van der Waals surface area contributed by atoms with Gasteiger partial charge in [-0.25, -0.2) is 4.98 Å². The summed E-state index contributed by atoms with van der Waals surface area (Å²) in [4.78, 5) is 19.0. The van der Waals surface area contributed by atoms with Gasteiger partial charge in [0.2, 0.25) is 0 Å². The quantitative estimate of drug-likeness (QED) is 0.848. The fourth-order valence-corrected chi connectivity index (χ4v) is 2.93. The van der Waals surface area contributed by atoms with Crippen LogP contribution in [0.5, 0.6) is 0 Å². The van der Waals surface area contributed by atoms with Crippen molar-refractivity contribution in [3.63, 3.8) is 0 Å². The van der Waals surface area contributed by atoms with E-state index in [2.05, 4.69) is 22.1 Å². The Balaban J connectivity index is 1.57. The molecule has 1 aromatic heterocycles. The zero-order valence-corrected chi connectivity index (χ0v) is 14.0. The molecule has 3 rings (SSSR count). The van der Waals surface area contributed by atoms with Crippen LogP contribution in [0.1, 0.15) is 35.7 Å². The number of benzene rings is 1. The average Bonchev–Trinajstić information content (AvgIpc) is 2.61. The first-order valence-corrected chi connectivity index (χ1v) is 8.46. The van der Waals surface area contributed by atoms with Crippen LogP contribution in [0.25, 0.3) is 0 Å². The summed E-state index contributed by atoms with van der Waals surface area (Å²) in [5.74, 6) is 1.66. The van der Waals surface area contributed by atoms with E-state index >= 15 is 0 Å². The maximum absolute atomic E-state index is 12.2. The largest absolute Gasteiger partial charge is 0.398 e. The number of carbonyl (C=O) groups excluding carboxylic acids is 1. The maximum atomic E-state index is 12.2. The monoisotopic (exact) mass is 324 g/mol. The first kappa shape index (κ1) is 16.3. The highest BCUT2D eigenvalue weighted by Gasteiger charge is 2.16. The van der Waals surface area contributed by atoms with Gasteiger partial charge >= 0.3 is 0 Å². The molecule has 0 radical (unpaired) electrons. The Morgan fingerprint density at radius 2 is 2.00 bits per heavy atom. The Hall–Kier alpha value is -2.56.